The van der Waals surface area contributed by atoms with Crippen molar-refractivity contribution in [1.29, 1.82) is 0 Å². The summed E-state index contributed by atoms with van der Waals surface area (Å²) in [7, 11) is 0. The molecule has 7 heteroatoms. The molecule has 0 aromatic heterocycles. The van der Waals surface area contributed by atoms with Crippen LogP contribution in [0.3, 0.4) is 0 Å². The van der Waals surface area contributed by atoms with E-state index in [1.165, 1.54) is 17.3 Å². The smallest absolute Gasteiger partial charge is 0.267 e. The highest BCUT2D eigenvalue weighted by Crippen LogP contribution is 2.34. The lowest BCUT2D eigenvalue weighted by Crippen LogP contribution is -2.33. The van der Waals surface area contributed by atoms with Crippen LogP contribution in [0.4, 0.5) is 5.69 Å². The third-order valence-corrected chi connectivity index (χ3v) is 5.87. The fourth-order valence-corrected chi connectivity index (χ4v) is 4.13. The number of hydrogen-bond acceptors (Lipinski definition) is 4. The van der Waals surface area contributed by atoms with E-state index in [-0.39, 0.29) is 5.91 Å². The van der Waals surface area contributed by atoms with Gasteiger partial charge in [-0.05, 0) is 47.9 Å². The summed E-state index contributed by atoms with van der Waals surface area (Å²) in [5.41, 5.74) is 2.95. The van der Waals surface area contributed by atoms with Crippen molar-refractivity contribution in [1.82, 2.24) is 4.90 Å². The Morgan fingerprint density at radius 1 is 1.19 bits per heavy atom. The maximum atomic E-state index is 12.7. The molecule has 3 rings (SSSR count). The van der Waals surface area contributed by atoms with Crippen LogP contribution in [0.5, 0.6) is 0 Å². The molecule has 0 spiro atoms. The summed E-state index contributed by atoms with van der Waals surface area (Å²) < 4.78 is 0.518. The highest BCUT2D eigenvalue weighted by atomic mass is 35.5. The Morgan fingerprint density at radius 3 is 2.58 bits per heavy atom. The second-order valence-electron chi connectivity index (χ2n) is 5.66. The van der Waals surface area contributed by atoms with Crippen LogP contribution in [-0.2, 0) is 11.2 Å². The van der Waals surface area contributed by atoms with E-state index in [0.29, 0.717) is 25.9 Å². The lowest BCUT2D eigenvalue weighted by atomic mass is 10.1. The number of thioether (sulfide) groups is 1. The van der Waals surface area contributed by atoms with Crippen LogP contribution >= 0.6 is 47.2 Å². The van der Waals surface area contributed by atoms with Crippen LogP contribution in [0.15, 0.2) is 47.4 Å². The zero-order chi connectivity index (χ0) is 18.7. The van der Waals surface area contributed by atoms with Gasteiger partial charge in [0.15, 0.2) is 0 Å². The number of nitrogens with one attached hydrogen (secondary N) is 1. The molecule has 1 amide bonds. The van der Waals surface area contributed by atoms with Crippen molar-refractivity contribution in [3.05, 3.63) is 68.5 Å². The molecule has 0 bridgehead atoms. The number of thiocarbonyl (C=S) groups is 1. The Kier molecular flexibility index (Phi) is 6.24. The maximum Gasteiger partial charge on any atom is 0.267 e. The first-order valence-corrected chi connectivity index (χ1v) is 9.99. The van der Waals surface area contributed by atoms with E-state index in [4.69, 9.17) is 35.4 Å². The molecule has 134 valence electrons. The van der Waals surface area contributed by atoms with E-state index in [2.05, 4.69) is 24.4 Å². The first-order valence-electron chi connectivity index (χ1n) is 8.01. The first-order chi connectivity index (χ1) is 12.5. The van der Waals surface area contributed by atoms with Crippen molar-refractivity contribution in [2.75, 3.05) is 12.0 Å². The van der Waals surface area contributed by atoms with Crippen molar-refractivity contribution >= 4 is 69.2 Å². The molecule has 1 fully saturated rings. The zero-order valence-electron chi connectivity index (χ0n) is 14.0. The SMILES string of the molecule is CCc1ccc(NCN2C(=O)C(=Cc3ccc(Cl)cc3Cl)SC2=S)cc1. The van der Waals surface area contributed by atoms with E-state index in [0.717, 1.165) is 17.7 Å². The summed E-state index contributed by atoms with van der Waals surface area (Å²) >= 11 is 18.7. The Hall–Kier alpha value is -1.53. The molecular formula is C19H16Cl2N2OS2. The zero-order valence-corrected chi connectivity index (χ0v) is 17.1. The number of hydrogen-bond donors (Lipinski definition) is 1. The monoisotopic (exact) mass is 422 g/mol. The minimum Gasteiger partial charge on any atom is -0.367 e. The van der Waals surface area contributed by atoms with Gasteiger partial charge in [0.2, 0.25) is 0 Å². The van der Waals surface area contributed by atoms with Gasteiger partial charge in [0.1, 0.15) is 4.32 Å². The minimum absolute atomic E-state index is 0.135. The lowest BCUT2D eigenvalue weighted by Gasteiger charge is -2.16. The van der Waals surface area contributed by atoms with Gasteiger partial charge >= 0.3 is 0 Å². The Morgan fingerprint density at radius 2 is 1.92 bits per heavy atom. The van der Waals surface area contributed by atoms with Gasteiger partial charge in [0.05, 0.1) is 11.6 Å². The number of benzene rings is 2. The maximum absolute atomic E-state index is 12.7. The summed E-state index contributed by atoms with van der Waals surface area (Å²) in [6, 6.07) is 13.3. The average Bonchev–Trinajstić information content (AvgIpc) is 2.89. The molecule has 1 heterocycles. The Balaban J connectivity index is 1.70. The van der Waals surface area contributed by atoms with E-state index in [9.17, 15) is 4.79 Å². The number of rotatable bonds is 5. The number of anilines is 1. The molecule has 0 radical (unpaired) electrons. The van der Waals surface area contributed by atoms with Gasteiger partial charge in [-0.15, -0.1) is 0 Å². The van der Waals surface area contributed by atoms with Crippen molar-refractivity contribution in [3.8, 4) is 0 Å². The number of aryl methyl sites for hydroxylation is 1. The van der Waals surface area contributed by atoms with Crippen molar-refractivity contribution in [2.24, 2.45) is 0 Å². The molecule has 0 atom stereocenters. The molecule has 1 aliphatic rings. The second-order valence-corrected chi connectivity index (χ2v) is 8.18. The first kappa shape index (κ1) is 19.2. The van der Waals surface area contributed by atoms with Gasteiger partial charge in [0.25, 0.3) is 5.91 Å². The lowest BCUT2D eigenvalue weighted by molar-refractivity contribution is -0.121. The third-order valence-electron chi connectivity index (χ3n) is 3.93. The molecule has 0 aliphatic carbocycles. The molecule has 0 unspecified atom stereocenters. The molecule has 26 heavy (non-hydrogen) atoms. The molecule has 2 aromatic rings. The van der Waals surface area contributed by atoms with Crippen LogP contribution in [0.25, 0.3) is 6.08 Å². The van der Waals surface area contributed by atoms with Crippen LogP contribution in [0.2, 0.25) is 10.0 Å². The highest BCUT2D eigenvalue weighted by Gasteiger charge is 2.31. The van der Waals surface area contributed by atoms with E-state index < -0.39 is 0 Å². The van der Waals surface area contributed by atoms with Crippen LogP contribution in [0, 0.1) is 0 Å². The fraction of sp³-hybridized carbons (Fsp3) is 0.158. The number of carbonyl (C=O) groups is 1. The van der Waals surface area contributed by atoms with Crippen LogP contribution < -0.4 is 5.32 Å². The summed E-state index contributed by atoms with van der Waals surface area (Å²) in [5, 5.41) is 4.29. The Labute approximate surface area is 172 Å². The third kappa shape index (κ3) is 4.41. The largest absolute Gasteiger partial charge is 0.367 e. The number of halogens is 2. The minimum atomic E-state index is -0.135. The summed E-state index contributed by atoms with van der Waals surface area (Å²) in [5.74, 6) is -0.135. The van der Waals surface area contributed by atoms with E-state index in [1.54, 1.807) is 29.2 Å². The van der Waals surface area contributed by atoms with Gasteiger partial charge in [-0.2, -0.15) is 0 Å². The van der Waals surface area contributed by atoms with Crippen molar-refractivity contribution in [2.45, 2.75) is 13.3 Å². The van der Waals surface area contributed by atoms with Crippen LogP contribution in [-0.4, -0.2) is 21.8 Å². The van der Waals surface area contributed by atoms with Crippen molar-refractivity contribution in [3.63, 3.8) is 0 Å². The quantitative estimate of drug-likeness (QED) is 0.485. The average molecular weight is 423 g/mol. The predicted octanol–water partition coefficient (Wildman–Crippen LogP) is 5.83. The molecule has 2 aromatic carbocycles. The molecule has 1 aliphatic heterocycles. The summed E-state index contributed by atoms with van der Waals surface area (Å²) in [6.45, 7) is 2.43. The van der Waals surface area contributed by atoms with Gasteiger partial charge in [-0.1, -0.05) is 72.3 Å². The van der Waals surface area contributed by atoms with Gasteiger partial charge in [-0.3, -0.25) is 9.69 Å². The second kappa shape index (κ2) is 8.44. The van der Waals surface area contributed by atoms with Gasteiger partial charge in [-0.25, -0.2) is 0 Å². The molecule has 0 saturated carbocycles. The van der Waals surface area contributed by atoms with Crippen molar-refractivity contribution < 1.29 is 4.79 Å². The number of carbonyl (C=O) groups excluding carboxylic acids is 1. The van der Waals surface area contributed by atoms with Gasteiger partial charge in [0, 0.05) is 15.7 Å². The standard InChI is InChI=1S/C19H16Cl2N2OS2/c1-2-12-3-7-15(8-4-12)22-11-23-18(24)17(26-19(23)25)9-13-5-6-14(20)10-16(13)21/h3-10,22H,2,11H2,1H3. The molecular weight excluding hydrogens is 407 g/mol. The molecule has 1 N–H and O–H groups in total. The predicted molar refractivity (Wildman–Crippen MR) is 116 cm³/mol. The topological polar surface area (TPSA) is 32.3 Å². The van der Waals surface area contributed by atoms with Crippen LogP contribution in [0.1, 0.15) is 18.1 Å². The molecule has 1 saturated heterocycles. The summed E-state index contributed by atoms with van der Waals surface area (Å²) in [6.07, 6.45) is 2.74. The van der Waals surface area contributed by atoms with Gasteiger partial charge < -0.3 is 5.32 Å². The summed E-state index contributed by atoms with van der Waals surface area (Å²) in [4.78, 5) is 14.7. The number of amides is 1. The van der Waals surface area contributed by atoms with E-state index in [1.807, 2.05) is 12.1 Å². The fourth-order valence-electron chi connectivity index (χ4n) is 2.42. The molecule has 3 nitrogen and oxygen atoms in total. The van der Waals surface area contributed by atoms with E-state index >= 15 is 0 Å². The highest BCUT2D eigenvalue weighted by molar-refractivity contribution is 8.26. The number of nitrogens with zero attached hydrogens (tertiary/aromatic N) is 1. The normalized spacial score (nSPS) is 15.8. The Bertz CT molecular complexity index is 882.